The predicted octanol–water partition coefficient (Wildman–Crippen LogP) is 2.71. The zero-order valence-electron chi connectivity index (χ0n) is 15.9. The highest BCUT2D eigenvalue weighted by atomic mass is 32.2. The molecule has 0 radical (unpaired) electrons. The van der Waals surface area contributed by atoms with Gasteiger partial charge in [0.15, 0.2) is 6.61 Å². The van der Waals surface area contributed by atoms with E-state index in [1.54, 1.807) is 0 Å². The molecule has 2 aromatic carbocycles. The standard InChI is InChI=1S/C20H21N3O5S/c1-29(25,26)23-18(24)9-5-6-15-10-12-17(13-11-15)27-14-19-21-20(22-28-19)16-7-3-2-4-8-16/h2-4,7-8,10-13H,5-6,9,14H2,1H3,(H,23,24). The molecule has 0 bridgehead atoms. The van der Waals surface area contributed by atoms with E-state index in [1.807, 2.05) is 59.3 Å². The fourth-order valence-corrected chi connectivity index (χ4v) is 3.14. The Balaban J connectivity index is 1.45. The van der Waals surface area contributed by atoms with Crippen LogP contribution in [0.15, 0.2) is 59.1 Å². The zero-order chi connectivity index (χ0) is 20.7. The van der Waals surface area contributed by atoms with E-state index in [0.29, 0.717) is 30.3 Å². The molecule has 3 aromatic rings. The van der Waals surface area contributed by atoms with Crippen LogP contribution >= 0.6 is 0 Å². The van der Waals surface area contributed by atoms with Crippen molar-refractivity contribution in [3.05, 3.63) is 66.1 Å². The van der Waals surface area contributed by atoms with Gasteiger partial charge in [-0.3, -0.25) is 9.52 Å². The number of aromatic nitrogens is 2. The Morgan fingerprint density at radius 3 is 2.52 bits per heavy atom. The monoisotopic (exact) mass is 415 g/mol. The van der Waals surface area contributed by atoms with E-state index >= 15 is 0 Å². The van der Waals surface area contributed by atoms with E-state index in [-0.39, 0.29) is 13.0 Å². The molecule has 0 atom stereocenters. The Hall–Kier alpha value is -3.20. The smallest absolute Gasteiger partial charge is 0.264 e. The van der Waals surface area contributed by atoms with Crippen LogP contribution in [0.2, 0.25) is 0 Å². The number of nitrogens with one attached hydrogen (secondary N) is 1. The van der Waals surface area contributed by atoms with Crippen molar-refractivity contribution in [2.75, 3.05) is 6.26 Å². The van der Waals surface area contributed by atoms with Gasteiger partial charge in [-0.1, -0.05) is 47.6 Å². The second-order valence-corrected chi connectivity index (χ2v) is 8.21. The Morgan fingerprint density at radius 1 is 1.10 bits per heavy atom. The highest BCUT2D eigenvalue weighted by Crippen LogP contribution is 2.18. The third kappa shape index (κ3) is 6.72. The average Bonchev–Trinajstić information content (AvgIpc) is 3.16. The molecule has 0 aliphatic carbocycles. The molecular formula is C20H21N3O5S. The third-order valence-corrected chi connectivity index (χ3v) is 4.55. The lowest BCUT2D eigenvalue weighted by Gasteiger charge is -2.06. The maximum atomic E-state index is 11.5. The number of carbonyl (C=O) groups excluding carboxylic acids is 1. The summed E-state index contributed by atoms with van der Waals surface area (Å²) in [6.07, 6.45) is 2.31. The molecule has 1 amide bonds. The van der Waals surface area contributed by atoms with Gasteiger partial charge in [0.05, 0.1) is 6.26 Å². The van der Waals surface area contributed by atoms with Crippen molar-refractivity contribution in [3.63, 3.8) is 0 Å². The molecule has 1 aromatic heterocycles. The molecule has 0 aliphatic heterocycles. The highest BCUT2D eigenvalue weighted by molar-refractivity contribution is 7.89. The lowest BCUT2D eigenvalue weighted by Crippen LogP contribution is -2.29. The summed E-state index contributed by atoms with van der Waals surface area (Å²) in [5, 5.41) is 3.95. The number of aryl methyl sites for hydroxylation is 1. The van der Waals surface area contributed by atoms with Crippen LogP contribution < -0.4 is 9.46 Å². The number of hydrogen-bond acceptors (Lipinski definition) is 7. The molecule has 8 nitrogen and oxygen atoms in total. The van der Waals surface area contributed by atoms with Crippen LogP contribution in [0.5, 0.6) is 5.75 Å². The second-order valence-electron chi connectivity index (χ2n) is 6.46. The average molecular weight is 415 g/mol. The number of ether oxygens (including phenoxy) is 1. The number of nitrogens with zero attached hydrogens (tertiary/aromatic N) is 2. The second kappa shape index (κ2) is 9.33. The van der Waals surface area contributed by atoms with Crippen molar-refractivity contribution in [2.45, 2.75) is 25.9 Å². The number of benzene rings is 2. The molecule has 0 saturated carbocycles. The van der Waals surface area contributed by atoms with Gasteiger partial charge in [-0.05, 0) is 30.5 Å². The molecule has 3 rings (SSSR count). The Kier molecular flexibility index (Phi) is 6.61. The largest absolute Gasteiger partial charge is 0.484 e. The SMILES string of the molecule is CS(=O)(=O)NC(=O)CCCc1ccc(OCc2nc(-c3ccccc3)no2)cc1. The molecule has 9 heteroatoms. The topological polar surface area (TPSA) is 111 Å². The van der Waals surface area contributed by atoms with Gasteiger partial charge in [-0.15, -0.1) is 0 Å². The minimum absolute atomic E-state index is 0.145. The van der Waals surface area contributed by atoms with Crippen LogP contribution in [0.1, 0.15) is 24.3 Å². The number of carbonyl (C=O) groups is 1. The molecule has 1 heterocycles. The highest BCUT2D eigenvalue weighted by Gasteiger charge is 2.10. The maximum Gasteiger partial charge on any atom is 0.264 e. The van der Waals surface area contributed by atoms with Crippen LogP contribution in [0.4, 0.5) is 0 Å². The van der Waals surface area contributed by atoms with Gasteiger partial charge in [0.25, 0.3) is 5.89 Å². The van der Waals surface area contributed by atoms with E-state index < -0.39 is 15.9 Å². The van der Waals surface area contributed by atoms with Crippen LogP contribution in [-0.4, -0.2) is 30.7 Å². The number of sulfonamides is 1. The summed E-state index contributed by atoms with van der Waals surface area (Å²) in [5.74, 6) is 1.05. The van der Waals surface area contributed by atoms with Gasteiger partial charge >= 0.3 is 0 Å². The minimum atomic E-state index is -3.50. The predicted molar refractivity (Wildman–Crippen MR) is 106 cm³/mol. The lowest BCUT2D eigenvalue weighted by molar-refractivity contribution is -0.119. The fourth-order valence-electron chi connectivity index (χ4n) is 2.63. The van der Waals surface area contributed by atoms with Gasteiger partial charge in [0.2, 0.25) is 21.8 Å². The van der Waals surface area contributed by atoms with Crippen LogP contribution in [0.3, 0.4) is 0 Å². The fraction of sp³-hybridized carbons (Fsp3) is 0.250. The van der Waals surface area contributed by atoms with Crippen molar-refractivity contribution < 1.29 is 22.5 Å². The van der Waals surface area contributed by atoms with Crippen molar-refractivity contribution in [2.24, 2.45) is 0 Å². The molecular weight excluding hydrogens is 394 g/mol. The lowest BCUT2D eigenvalue weighted by atomic mass is 10.1. The molecule has 29 heavy (non-hydrogen) atoms. The summed E-state index contributed by atoms with van der Waals surface area (Å²) in [6.45, 7) is 0.158. The third-order valence-electron chi connectivity index (χ3n) is 3.95. The summed E-state index contributed by atoms with van der Waals surface area (Å²) in [5.41, 5.74) is 1.89. The maximum absolute atomic E-state index is 11.5. The molecule has 0 unspecified atom stereocenters. The van der Waals surface area contributed by atoms with E-state index in [0.717, 1.165) is 17.4 Å². The van der Waals surface area contributed by atoms with Gasteiger partial charge < -0.3 is 9.26 Å². The first-order valence-electron chi connectivity index (χ1n) is 8.99. The Morgan fingerprint density at radius 2 is 1.83 bits per heavy atom. The first-order valence-corrected chi connectivity index (χ1v) is 10.9. The first kappa shape index (κ1) is 20.5. The molecule has 0 fully saturated rings. The Bertz CT molecular complexity index is 1050. The normalized spacial score (nSPS) is 11.2. The molecule has 0 saturated heterocycles. The van der Waals surface area contributed by atoms with Gasteiger partial charge in [0, 0.05) is 12.0 Å². The first-order chi connectivity index (χ1) is 13.9. The van der Waals surface area contributed by atoms with E-state index in [1.165, 1.54) is 0 Å². The van der Waals surface area contributed by atoms with Crippen molar-refractivity contribution >= 4 is 15.9 Å². The van der Waals surface area contributed by atoms with E-state index in [9.17, 15) is 13.2 Å². The van der Waals surface area contributed by atoms with Crippen LogP contribution in [0.25, 0.3) is 11.4 Å². The van der Waals surface area contributed by atoms with Crippen LogP contribution in [0, 0.1) is 0 Å². The molecule has 1 N–H and O–H groups in total. The summed E-state index contributed by atoms with van der Waals surface area (Å²) in [6, 6.07) is 17.0. The summed E-state index contributed by atoms with van der Waals surface area (Å²) in [7, 11) is -3.50. The van der Waals surface area contributed by atoms with E-state index in [2.05, 4.69) is 10.1 Å². The summed E-state index contributed by atoms with van der Waals surface area (Å²) in [4.78, 5) is 15.8. The van der Waals surface area contributed by atoms with E-state index in [4.69, 9.17) is 9.26 Å². The zero-order valence-corrected chi connectivity index (χ0v) is 16.7. The van der Waals surface area contributed by atoms with Crippen LogP contribution in [-0.2, 0) is 27.8 Å². The number of rotatable bonds is 9. The summed E-state index contributed by atoms with van der Waals surface area (Å²) >= 11 is 0. The van der Waals surface area contributed by atoms with Crippen molar-refractivity contribution in [1.82, 2.24) is 14.9 Å². The van der Waals surface area contributed by atoms with Crippen molar-refractivity contribution in [1.29, 1.82) is 0 Å². The summed E-state index contributed by atoms with van der Waals surface area (Å²) < 4.78 is 34.8. The molecule has 0 spiro atoms. The molecule has 0 aliphatic rings. The van der Waals surface area contributed by atoms with Gasteiger partial charge in [0.1, 0.15) is 5.75 Å². The number of hydrogen-bond donors (Lipinski definition) is 1. The van der Waals surface area contributed by atoms with Crippen molar-refractivity contribution in [3.8, 4) is 17.1 Å². The van der Waals surface area contributed by atoms with Gasteiger partial charge in [-0.25, -0.2) is 8.42 Å². The van der Waals surface area contributed by atoms with Gasteiger partial charge in [-0.2, -0.15) is 4.98 Å². The quantitative estimate of drug-likeness (QED) is 0.572. The Labute approximate surface area is 169 Å². The molecule has 152 valence electrons. The number of amides is 1. The minimum Gasteiger partial charge on any atom is -0.484 e.